The standard InChI is InChI=1S/C15H12BrClFNO/c1-9(10-4-2-5-11(17)8-10)19-15(20)12-6-3-7-13(16)14(12)18/h2-9H,1H3,(H,19,20). The molecule has 2 aromatic carbocycles. The molecule has 1 amide bonds. The van der Waals surface area contributed by atoms with Gasteiger partial charge in [-0.3, -0.25) is 4.79 Å². The van der Waals surface area contributed by atoms with Crippen molar-refractivity contribution in [2.24, 2.45) is 0 Å². The van der Waals surface area contributed by atoms with Crippen LogP contribution in [0.1, 0.15) is 28.9 Å². The van der Waals surface area contributed by atoms with Gasteiger partial charge in [0.25, 0.3) is 5.91 Å². The van der Waals surface area contributed by atoms with Crippen LogP contribution in [0.25, 0.3) is 0 Å². The van der Waals surface area contributed by atoms with Gasteiger partial charge >= 0.3 is 0 Å². The van der Waals surface area contributed by atoms with Crippen LogP contribution in [0.3, 0.4) is 0 Å². The lowest BCUT2D eigenvalue weighted by Gasteiger charge is -2.15. The third-order valence-electron chi connectivity index (χ3n) is 2.89. The van der Waals surface area contributed by atoms with Crippen molar-refractivity contribution in [2.45, 2.75) is 13.0 Å². The summed E-state index contributed by atoms with van der Waals surface area (Å²) in [4.78, 5) is 12.1. The molecule has 2 nitrogen and oxygen atoms in total. The van der Waals surface area contributed by atoms with E-state index in [1.54, 1.807) is 30.3 Å². The maximum atomic E-state index is 13.8. The molecule has 0 aliphatic rings. The summed E-state index contributed by atoms with van der Waals surface area (Å²) in [5.41, 5.74) is 0.870. The van der Waals surface area contributed by atoms with Crippen LogP contribution in [-0.2, 0) is 0 Å². The van der Waals surface area contributed by atoms with Crippen molar-refractivity contribution in [1.29, 1.82) is 0 Å². The van der Waals surface area contributed by atoms with Crippen molar-refractivity contribution < 1.29 is 9.18 Å². The van der Waals surface area contributed by atoms with Crippen molar-refractivity contribution >= 4 is 33.4 Å². The summed E-state index contributed by atoms with van der Waals surface area (Å²) in [7, 11) is 0. The van der Waals surface area contributed by atoms with E-state index in [-0.39, 0.29) is 16.1 Å². The lowest BCUT2D eigenvalue weighted by atomic mass is 10.1. The molecule has 2 aromatic rings. The molecule has 20 heavy (non-hydrogen) atoms. The SMILES string of the molecule is CC(NC(=O)c1cccc(Br)c1F)c1cccc(Cl)c1. The van der Waals surface area contributed by atoms with Crippen LogP contribution in [0.4, 0.5) is 4.39 Å². The molecule has 1 N–H and O–H groups in total. The zero-order valence-corrected chi connectivity index (χ0v) is 13.0. The molecule has 0 heterocycles. The molecule has 5 heteroatoms. The summed E-state index contributed by atoms with van der Waals surface area (Å²) in [6, 6.07) is 11.5. The molecule has 0 aliphatic carbocycles. The summed E-state index contributed by atoms with van der Waals surface area (Å²) in [5, 5.41) is 3.34. The Morgan fingerprint density at radius 2 is 2.00 bits per heavy atom. The maximum Gasteiger partial charge on any atom is 0.254 e. The Kier molecular flexibility index (Phi) is 4.78. The Balaban J connectivity index is 2.17. The van der Waals surface area contributed by atoms with E-state index in [0.29, 0.717) is 5.02 Å². The first-order chi connectivity index (χ1) is 9.49. The van der Waals surface area contributed by atoms with Gasteiger partial charge < -0.3 is 5.32 Å². The molecule has 0 saturated carbocycles. The largest absolute Gasteiger partial charge is 0.345 e. The first kappa shape index (κ1) is 15.0. The highest BCUT2D eigenvalue weighted by Gasteiger charge is 2.16. The average molecular weight is 357 g/mol. The second-order valence-electron chi connectivity index (χ2n) is 4.35. The van der Waals surface area contributed by atoms with Crippen molar-refractivity contribution in [3.05, 3.63) is 68.9 Å². The third kappa shape index (κ3) is 3.38. The Bertz CT molecular complexity index is 648. The molecule has 1 atom stereocenters. The van der Waals surface area contributed by atoms with Gasteiger partial charge in [0.1, 0.15) is 5.82 Å². The van der Waals surface area contributed by atoms with Gasteiger partial charge in [-0.05, 0) is 52.7 Å². The van der Waals surface area contributed by atoms with Crippen LogP contribution in [0.5, 0.6) is 0 Å². The first-order valence-electron chi connectivity index (χ1n) is 5.99. The van der Waals surface area contributed by atoms with Gasteiger partial charge in [0.2, 0.25) is 0 Å². The molecule has 0 aromatic heterocycles. The van der Waals surface area contributed by atoms with Gasteiger partial charge in [-0.25, -0.2) is 4.39 Å². The summed E-state index contributed by atoms with van der Waals surface area (Å²) < 4.78 is 14.1. The summed E-state index contributed by atoms with van der Waals surface area (Å²) >= 11 is 8.97. The zero-order chi connectivity index (χ0) is 14.7. The molecule has 2 rings (SSSR count). The molecule has 0 bridgehead atoms. The fraction of sp³-hybridized carbons (Fsp3) is 0.133. The Hall–Kier alpha value is -1.39. The van der Waals surface area contributed by atoms with Crippen LogP contribution < -0.4 is 5.32 Å². The van der Waals surface area contributed by atoms with Crippen LogP contribution in [-0.4, -0.2) is 5.91 Å². The minimum atomic E-state index is -0.566. The number of nitrogens with one attached hydrogen (secondary N) is 1. The minimum absolute atomic E-state index is 0.00764. The zero-order valence-electron chi connectivity index (χ0n) is 10.7. The fourth-order valence-electron chi connectivity index (χ4n) is 1.81. The van der Waals surface area contributed by atoms with Crippen LogP contribution >= 0.6 is 27.5 Å². The Labute approximate surface area is 130 Å². The average Bonchev–Trinajstić information content (AvgIpc) is 2.41. The highest BCUT2D eigenvalue weighted by Crippen LogP contribution is 2.21. The summed E-state index contributed by atoms with van der Waals surface area (Å²) in [6.45, 7) is 1.82. The highest BCUT2D eigenvalue weighted by atomic mass is 79.9. The van der Waals surface area contributed by atoms with Gasteiger partial charge in [-0.15, -0.1) is 0 Å². The molecular weight excluding hydrogens is 345 g/mol. The predicted molar refractivity (Wildman–Crippen MR) is 81.4 cm³/mol. The van der Waals surface area contributed by atoms with E-state index in [9.17, 15) is 9.18 Å². The van der Waals surface area contributed by atoms with Gasteiger partial charge in [0.15, 0.2) is 0 Å². The number of benzene rings is 2. The number of halogens is 3. The summed E-state index contributed by atoms with van der Waals surface area (Å²) in [6.07, 6.45) is 0. The number of hydrogen-bond acceptors (Lipinski definition) is 1. The van der Waals surface area contributed by atoms with Gasteiger partial charge in [-0.1, -0.05) is 29.8 Å². The normalized spacial score (nSPS) is 12.0. The molecule has 0 aliphatic heterocycles. The fourth-order valence-corrected chi connectivity index (χ4v) is 2.38. The third-order valence-corrected chi connectivity index (χ3v) is 3.74. The van der Waals surface area contributed by atoms with E-state index in [1.165, 1.54) is 6.07 Å². The highest BCUT2D eigenvalue weighted by molar-refractivity contribution is 9.10. The first-order valence-corrected chi connectivity index (χ1v) is 7.16. The second-order valence-corrected chi connectivity index (χ2v) is 5.64. The van der Waals surface area contributed by atoms with E-state index < -0.39 is 11.7 Å². The van der Waals surface area contributed by atoms with Gasteiger partial charge in [-0.2, -0.15) is 0 Å². The van der Waals surface area contributed by atoms with E-state index in [0.717, 1.165) is 5.56 Å². The lowest BCUT2D eigenvalue weighted by Crippen LogP contribution is -2.27. The van der Waals surface area contributed by atoms with Crippen LogP contribution in [0.2, 0.25) is 5.02 Å². The number of carbonyl (C=O) groups excluding carboxylic acids is 1. The molecule has 0 fully saturated rings. The monoisotopic (exact) mass is 355 g/mol. The van der Waals surface area contributed by atoms with Crippen molar-refractivity contribution in [1.82, 2.24) is 5.32 Å². The van der Waals surface area contributed by atoms with E-state index in [4.69, 9.17) is 11.6 Å². The molecule has 0 saturated heterocycles. The van der Waals surface area contributed by atoms with E-state index in [2.05, 4.69) is 21.2 Å². The number of amides is 1. The quantitative estimate of drug-likeness (QED) is 0.846. The lowest BCUT2D eigenvalue weighted by molar-refractivity contribution is 0.0935. The Morgan fingerprint density at radius 1 is 1.30 bits per heavy atom. The van der Waals surface area contributed by atoms with Crippen molar-refractivity contribution in [3.8, 4) is 0 Å². The number of carbonyl (C=O) groups is 1. The predicted octanol–water partition coefficient (Wildman–Crippen LogP) is 4.73. The number of rotatable bonds is 3. The van der Waals surface area contributed by atoms with Crippen LogP contribution in [0.15, 0.2) is 46.9 Å². The number of hydrogen-bond donors (Lipinski definition) is 1. The molecule has 0 spiro atoms. The Morgan fingerprint density at radius 3 is 2.70 bits per heavy atom. The molecular formula is C15H12BrClFNO. The maximum absolute atomic E-state index is 13.8. The van der Waals surface area contributed by atoms with Crippen molar-refractivity contribution in [3.63, 3.8) is 0 Å². The van der Waals surface area contributed by atoms with Crippen LogP contribution in [0, 0.1) is 5.82 Å². The smallest absolute Gasteiger partial charge is 0.254 e. The molecule has 0 radical (unpaired) electrons. The van der Waals surface area contributed by atoms with Crippen molar-refractivity contribution in [2.75, 3.05) is 0 Å². The molecule has 104 valence electrons. The van der Waals surface area contributed by atoms with Gasteiger partial charge in [0, 0.05) is 5.02 Å². The van der Waals surface area contributed by atoms with E-state index >= 15 is 0 Å². The van der Waals surface area contributed by atoms with Gasteiger partial charge in [0.05, 0.1) is 16.1 Å². The second kappa shape index (κ2) is 6.37. The topological polar surface area (TPSA) is 29.1 Å². The molecule has 1 unspecified atom stereocenters. The summed E-state index contributed by atoms with van der Waals surface area (Å²) in [5.74, 6) is -1.03. The van der Waals surface area contributed by atoms with E-state index in [1.807, 2.05) is 13.0 Å². The minimum Gasteiger partial charge on any atom is -0.345 e.